The second-order valence-corrected chi connectivity index (χ2v) is 4.35. The van der Waals surface area contributed by atoms with Gasteiger partial charge in [-0.2, -0.15) is 0 Å². The molecule has 1 saturated carbocycles. The van der Waals surface area contributed by atoms with Crippen LogP contribution >= 0.6 is 0 Å². The van der Waals surface area contributed by atoms with Gasteiger partial charge in [0.15, 0.2) is 0 Å². The van der Waals surface area contributed by atoms with Gasteiger partial charge >= 0.3 is 0 Å². The molecule has 0 aromatic carbocycles. The average Bonchev–Trinajstić information content (AvgIpc) is 2.38. The van der Waals surface area contributed by atoms with Crippen molar-refractivity contribution in [1.82, 2.24) is 0 Å². The van der Waals surface area contributed by atoms with Gasteiger partial charge in [0.2, 0.25) is 0 Å². The first kappa shape index (κ1) is 8.51. The topological polar surface area (TPSA) is 17.1 Å². The molecular formula is C10H16O. The van der Waals surface area contributed by atoms with Gasteiger partial charge in [-0.15, -0.1) is 0 Å². The predicted molar refractivity (Wildman–Crippen MR) is 46.3 cm³/mol. The minimum Gasteiger partial charge on any atom is -0.299 e. The zero-order valence-corrected chi connectivity index (χ0v) is 7.61. The number of carbonyl (C=O) groups excluding carboxylic acids is 1. The number of ketones is 1. The number of allylic oxidation sites excluding steroid dienone is 1. The van der Waals surface area contributed by atoms with E-state index in [-0.39, 0.29) is 5.41 Å². The predicted octanol–water partition coefficient (Wildman–Crippen LogP) is 2.57. The normalized spacial score (nSPS) is 26.3. The van der Waals surface area contributed by atoms with E-state index in [1.54, 1.807) is 0 Å². The van der Waals surface area contributed by atoms with Crippen LogP contribution in [0.15, 0.2) is 12.2 Å². The fourth-order valence-corrected chi connectivity index (χ4v) is 1.44. The highest BCUT2D eigenvalue weighted by atomic mass is 16.1. The van der Waals surface area contributed by atoms with E-state index in [2.05, 4.69) is 20.4 Å². The molecule has 11 heavy (non-hydrogen) atoms. The van der Waals surface area contributed by atoms with Gasteiger partial charge in [-0.3, -0.25) is 4.79 Å². The van der Waals surface area contributed by atoms with Gasteiger partial charge in [0, 0.05) is 12.3 Å². The van der Waals surface area contributed by atoms with Crippen molar-refractivity contribution < 1.29 is 4.79 Å². The molecule has 0 N–H and O–H groups in total. The summed E-state index contributed by atoms with van der Waals surface area (Å²) >= 11 is 0. The number of hydrogen-bond donors (Lipinski definition) is 0. The molecule has 62 valence electrons. The van der Waals surface area contributed by atoms with Gasteiger partial charge in [-0.05, 0) is 18.8 Å². The summed E-state index contributed by atoms with van der Waals surface area (Å²) in [7, 11) is 0. The Kier molecular flexibility index (Phi) is 1.91. The van der Waals surface area contributed by atoms with E-state index >= 15 is 0 Å². The Morgan fingerprint density at radius 3 is 2.36 bits per heavy atom. The molecule has 0 amide bonds. The van der Waals surface area contributed by atoms with Crippen LogP contribution in [-0.2, 0) is 4.79 Å². The maximum Gasteiger partial charge on any atom is 0.140 e. The van der Waals surface area contributed by atoms with Crippen molar-refractivity contribution >= 4 is 5.78 Å². The van der Waals surface area contributed by atoms with Crippen LogP contribution in [0.5, 0.6) is 0 Å². The summed E-state index contributed by atoms with van der Waals surface area (Å²) < 4.78 is 0. The Labute approximate surface area is 68.5 Å². The van der Waals surface area contributed by atoms with Gasteiger partial charge in [0.05, 0.1) is 0 Å². The first-order valence-corrected chi connectivity index (χ1v) is 4.10. The minimum atomic E-state index is 0.284. The lowest BCUT2D eigenvalue weighted by Gasteiger charge is -2.01. The van der Waals surface area contributed by atoms with Crippen LogP contribution in [0.25, 0.3) is 0 Å². The molecule has 1 nitrogen and oxygen atoms in total. The van der Waals surface area contributed by atoms with E-state index in [1.807, 2.05) is 6.92 Å². The van der Waals surface area contributed by atoms with Crippen molar-refractivity contribution in [2.45, 2.75) is 33.6 Å². The summed E-state index contributed by atoms with van der Waals surface area (Å²) in [4.78, 5) is 11.4. The summed E-state index contributed by atoms with van der Waals surface area (Å²) in [6.07, 6.45) is 1.65. The van der Waals surface area contributed by atoms with Crippen LogP contribution < -0.4 is 0 Å². The van der Waals surface area contributed by atoms with Crippen molar-refractivity contribution in [3.05, 3.63) is 12.2 Å². The third-order valence-corrected chi connectivity index (χ3v) is 2.38. The molecule has 0 radical (unpaired) electrons. The Balaban J connectivity index is 2.40. The molecule has 1 aliphatic carbocycles. The van der Waals surface area contributed by atoms with Crippen molar-refractivity contribution in [2.75, 3.05) is 0 Å². The van der Waals surface area contributed by atoms with Crippen molar-refractivity contribution in [3.63, 3.8) is 0 Å². The van der Waals surface area contributed by atoms with Crippen LogP contribution in [0, 0.1) is 11.3 Å². The summed E-state index contributed by atoms with van der Waals surface area (Å²) in [6.45, 7) is 9.94. The molecule has 0 bridgehead atoms. The van der Waals surface area contributed by atoms with Crippen molar-refractivity contribution in [2.24, 2.45) is 11.3 Å². The third kappa shape index (κ3) is 1.92. The lowest BCUT2D eigenvalue weighted by Crippen LogP contribution is -2.05. The van der Waals surface area contributed by atoms with Gasteiger partial charge in [-0.1, -0.05) is 26.0 Å². The highest BCUT2D eigenvalue weighted by Crippen LogP contribution is 2.52. The van der Waals surface area contributed by atoms with E-state index in [9.17, 15) is 4.79 Å². The summed E-state index contributed by atoms with van der Waals surface area (Å²) in [5.41, 5.74) is 1.27. The van der Waals surface area contributed by atoms with E-state index in [0.717, 1.165) is 12.0 Å². The van der Waals surface area contributed by atoms with Gasteiger partial charge in [-0.25, -0.2) is 0 Å². The fourth-order valence-electron chi connectivity index (χ4n) is 1.44. The second-order valence-electron chi connectivity index (χ2n) is 4.35. The van der Waals surface area contributed by atoms with E-state index in [0.29, 0.717) is 18.1 Å². The SMILES string of the molecule is C=C(C)CC(=O)C1CC1(C)C. The van der Waals surface area contributed by atoms with Gasteiger partial charge in [0.1, 0.15) is 5.78 Å². The van der Waals surface area contributed by atoms with Gasteiger partial charge < -0.3 is 0 Å². The minimum absolute atomic E-state index is 0.284. The highest BCUT2D eigenvalue weighted by Gasteiger charge is 2.49. The molecule has 1 aliphatic rings. The quantitative estimate of drug-likeness (QED) is 0.568. The molecule has 1 unspecified atom stereocenters. The van der Waals surface area contributed by atoms with Crippen molar-refractivity contribution in [1.29, 1.82) is 0 Å². The molecule has 0 heterocycles. The Hall–Kier alpha value is -0.590. The molecule has 0 saturated heterocycles. The Morgan fingerprint density at radius 1 is 1.64 bits per heavy atom. The molecule has 1 fully saturated rings. The lowest BCUT2D eigenvalue weighted by molar-refractivity contribution is -0.120. The molecule has 0 spiro atoms. The molecule has 0 aliphatic heterocycles. The first-order chi connectivity index (χ1) is 4.93. The standard InChI is InChI=1S/C10H16O/c1-7(2)5-9(11)8-6-10(8,3)4/h8H,1,5-6H2,2-4H3. The monoisotopic (exact) mass is 152 g/mol. The molecular weight excluding hydrogens is 136 g/mol. The highest BCUT2D eigenvalue weighted by molar-refractivity contribution is 5.86. The van der Waals surface area contributed by atoms with E-state index < -0.39 is 0 Å². The van der Waals surface area contributed by atoms with Crippen LogP contribution in [0.3, 0.4) is 0 Å². The number of hydrogen-bond acceptors (Lipinski definition) is 1. The zero-order valence-electron chi connectivity index (χ0n) is 7.61. The van der Waals surface area contributed by atoms with Crippen LogP contribution in [-0.4, -0.2) is 5.78 Å². The third-order valence-electron chi connectivity index (χ3n) is 2.38. The number of Topliss-reactive ketones (excluding diaryl/α,β-unsaturated/α-hetero) is 1. The van der Waals surface area contributed by atoms with Crippen LogP contribution in [0.1, 0.15) is 33.6 Å². The van der Waals surface area contributed by atoms with Crippen LogP contribution in [0.2, 0.25) is 0 Å². The first-order valence-electron chi connectivity index (χ1n) is 4.10. The lowest BCUT2D eigenvalue weighted by atomic mass is 10.0. The van der Waals surface area contributed by atoms with Gasteiger partial charge in [0.25, 0.3) is 0 Å². The zero-order chi connectivity index (χ0) is 8.65. The fraction of sp³-hybridized carbons (Fsp3) is 0.700. The molecule has 0 aromatic rings. The summed E-state index contributed by atoms with van der Waals surface area (Å²) in [6, 6.07) is 0. The summed E-state index contributed by atoms with van der Waals surface area (Å²) in [5.74, 6) is 0.696. The maximum atomic E-state index is 11.4. The van der Waals surface area contributed by atoms with Crippen LogP contribution in [0.4, 0.5) is 0 Å². The molecule has 1 atom stereocenters. The molecule has 1 rings (SSSR count). The summed E-state index contributed by atoms with van der Waals surface area (Å²) in [5, 5.41) is 0. The molecule has 0 aromatic heterocycles. The average molecular weight is 152 g/mol. The number of rotatable bonds is 3. The largest absolute Gasteiger partial charge is 0.299 e. The Morgan fingerprint density at radius 2 is 2.09 bits per heavy atom. The second kappa shape index (κ2) is 2.47. The van der Waals surface area contributed by atoms with Crippen molar-refractivity contribution in [3.8, 4) is 0 Å². The number of carbonyl (C=O) groups is 1. The Bertz CT molecular complexity index is 201. The van der Waals surface area contributed by atoms with E-state index in [4.69, 9.17) is 0 Å². The maximum absolute atomic E-state index is 11.4. The molecule has 1 heteroatoms. The smallest absolute Gasteiger partial charge is 0.140 e. The van der Waals surface area contributed by atoms with E-state index in [1.165, 1.54) is 0 Å².